The third-order valence-electron chi connectivity index (χ3n) is 3.08. The van der Waals surface area contributed by atoms with Crippen LogP contribution in [0.2, 0.25) is 10.0 Å². The van der Waals surface area contributed by atoms with Crippen molar-refractivity contribution in [3.05, 3.63) is 28.2 Å². The lowest BCUT2D eigenvalue weighted by Gasteiger charge is -2.13. The maximum absolute atomic E-state index is 12.0. The first-order valence-corrected chi connectivity index (χ1v) is 7.67. The van der Waals surface area contributed by atoms with Crippen molar-refractivity contribution in [2.75, 3.05) is 13.2 Å². The molecule has 0 saturated heterocycles. The van der Waals surface area contributed by atoms with Crippen LogP contribution >= 0.6 is 23.2 Å². The number of benzene rings is 1. The number of nitrogens with one attached hydrogen (secondary N) is 1. The van der Waals surface area contributed by atoms with E-state index in [1.54, 1.807) is 0 Å². The highest BCUT2D eigenvalue weighted by atomic mass is 35.5. The molecule has 0 radical (unpaired) electrons. The zero-order valence-corrected chi connectivity index (χ0v) is 11.8. The van der Waals surface area contributed by atoms with E-state index in [0.717, 1.165) is 12.8 Å². The molecule has 1 fully saturated rings. The Labute approximate surface area is 116 Å². The summed E-state index contributed by atoms with van der Waals surface area (Å²) >= 11 is 11.5. The van der Waals surface area contributed by atoms with Crippen molar-refractivity contribution in [2.24, 2.45) is 5.41 Å². The summed E-state index contributed by atoms with van der Waals surface area (Å²) in [6.07, 6.45) is 1.67. The van der Waals surface area contributed by atoms with Gasteiger partial charge < -0.3 is 5.11 Å². The van der Waals surface area contributed by atoms with Gasteiger partial charge in [0.05, 0.1) is 4.90 Å². The lowest BCUT2D eigenvalue weighted by Crippen LogP contribution is -2.31. The summed E-state index contributed by atoms with van der Waals surface area (Å²) in [6, 6.07) is 4.15. The van der Waals surface area contributed by atoms with E-state index in [4.69, 9.17) is 28.3 Å². The Morgan fingerprint density at radius 3 is 2.22 bits per heavy atom. The summed E-state index contributed by atoms with van der Waals surface area (Å²) < 4.78 is 26.5. The van der Waals surface area contributed by atoms with Crippen LogP contribution < -0.4 is 4.72 Å². The second-order valence-electron chi connectivity index (χ2n) is 4.59. The third-order valence-corrected chi connectivity index (χ3v) is 4.89. The van der Waals surface area contributed by atoms with Gasteiger partial charge in [-0.2, -0.15) is 0 Å². The van der Waals surface area contributed by atoms with Crippen LogP contribution in [0, 0.1) is 5.41 Å². The number of halogens is 2. The highest BCUT2D eigenvalue weighted by Crippen LogP contribution is 2.44. The van der Waals surface area contributed by atoms with Crippen molar-refractivity contribution in [2.45, 2.75) is 17.7 Å². The fourth-order valence-corrected chi connectivity index (χ4v) is 3.47. The third kappa shape index (κ3) is 3.16. The second-order valence-corrected chi connectivity index (χ2v) is 7.23. The fraction of sp³-hybridized carbons (Fsp3) is 0.455. The van der Waals surface area contributed by atoms with Crippen molar-refractivity contribution < 1.29 is 13.5 Å². The molecule has 1 aromatic carbocycles. The van der Waals surface area contributed by atoms with Crippen LogP contribution in [0.4, 0.5) is 0 Å². The Hall–Kier alpha value is -0.330. The molecule has 0 heterocycles. The predicted molar refractivity (Wildman–Crippen MR) is 70.4 cm³/mol. The van der Waals surface area contributed by atoms with Crippen molar-refractivity contribution in [1.29, 1.82) is 0 Å². The van der Waals surface area contributed by atoms with E-state index >= 15 is 0 Å². The van der Waals surface area contributed by atoms with Gasteiger partial charge >= 0.3 is 0 Å². The molecule has 4 nitrogen and oxygen atoms in total. The molecule has 0 unspecified atom stereocenters. The molecule has 0 bridgehead atoms. The molecule has 2 rings (SSSR count). The molecule has 0 amide bonds. The van der Waals surface area contributed by atoms with Crippen molar-refractivity contribution in [3.8, 4) is 0 Å². The monoisotopic (exact) mass is 309 g/mol. The Balaban J connectivity index is 2.15. The average Bonchev–Trinajstić information content (AvgIpc) is 3.06. The number of hydrogen-bond donors (Lipinski definition) is 2. The van der Waals surface area contributed by atoms with Crippen LogP contribution in [-0.2, 0) is 10.0 Å². The molecular formula is C11H13Cl2NO3S. The molecule has 18 heavy (non-hydrogen) atoms. The minimum absolute atomic E-state index is 0.00811. The smallest absolute Gasteiger partial charge is 0.240 e. The van der Waals surface area contributed by atoms with Crippen LogP contribution in [0.3, 0.4) is 0 Å². The van der Waals surface area contributed by atoms with Crippen LogP contribution in [0.15, 0.2) is 23.1 Å². The van der Waals surface area contributed by atoms with Gasteiger partial charge in [0.15, 0.2) is 0 Å². The number of aliphatic hydroxyl groups is 1. The van der Waals surface area contributed by atoms with E-state index in [1.807, 2.05) is 0 Å². The van der Waals surface area contributed by atoms with Crippen molar-refractivity contribution in [3.63, 3.8) is 0 Å². The zero-order chi connectivity index (χ0) is 13.4. The topological polar surface area (TPSA) is 66.4 Å². The number of sulfonamides is 1. The highest BCUT2D eigenvalue weighted by Gasteiger charge is 2.42. The summed E-state index contributed by atoms with van der Waals surface area (Å²) in [5, 5.41) is 9.67. The fourth-order valence-electron chi connectivity index (χ4n) is 1.58. The van der Waals surface area contributed by atoms with Gasteiger partial charge in [0.1, 0.15) is 0 Å². The van der Waals surface area contributed by atoms with Crippen LogP contribution in [0.25, 0.3) is 0 Å². The van der Waals surface area contributed by atoms with Gasteiger partial charge in [-0.15, -0.1) is 0 Å². The molecule has 0 spiro atoms. The minimum Gasteiger partial charge on any atom is -0.396 e. The van der Waals surface area contributed by atoms with Crippen molar-refractivity contribution in [1.82, 2.24) is 4.72 Å². The van der Waals surface area contributed by atoms with Gasteiger partial charge in [-0.1, -0.05) is 23.2 Å². The molecule has 1 aliphatic rings. The molecular weight excluding hydrogens is 297 g/mol. The largest absolute Gasteiger partial charge is 0.396 e. The lowest BCUT2D eigenvalue weighted by atomic mass is 10.1. The number of aliphatic hydroxyl groups excluding tert-OH is 1. The highest BCUT2D eigenvalue weighted by molar-refractivity contribution is 7.89. The molecule has 1 saturated carbocycles. The van der Waals surface area contributed by atoms with Gasteiger partial charge in [-0.25, -0.2) is 13.1 Å². The molecule has 7 heteroatoms. The lowest BCUT2D eigenvalue weighted by molar-refractivity contribution is 0.213. The summed E-state index contributed by atoms with van der Waals surface area (Å²) in [6.45, 7) is 0.224. The summed E-state index contributed by atoms with van der Waals surface area (Å²) in [4.78, 5) is 0.0359. The maximum atomic E-state index is 12.0. The predicted octanol–water partition coefficient (Wildman–Crippen LogP) is 2.04. The summed E-state index contributed by atoms with van der Waals surface area (Å²) in [7, 11) is -3.64. The minimum atomic E-state index is -3.64. The van der Waals surface area contributed by atoms with Gasteiger partial charge in [0, 0.05) is 28.6 Å². The van der Waals surface area contributed by atoms with Gasteiger partial charge in [0.2, 0.25) is 10.0 Å². The first-order chi connectivity index (χ1) is 8.37. The van der Waals surface area contributed by atoms with Gasteiger partial charge in [0.25, 0.3) is 0 Å². The van der Waals surface area contributed by atoms with E-state index in [2.05, 4.69) is 4.72 Å². The van der Waals surface area contributed by atoms with Crippen LogP contribution in [0.5, 0.6) is 0 Å². The maximum Gasteiger partial charge on any atom is 0.240 e. The van der Waals surface area contributed by atoms with Gasteiger partial charge in [-0.3, -0.25) is 0 Å². The molecule has 0 atom stereocenters. The van der Waals surface area contributed by atoms with E-state index < -0.39 is 10.0 Å². The van der Waals surface area contributed by atoms with E-state index in [1.165, 1.54) is 18.2 Å². The Kier molecular flexibility index (Phi) is 3.90. The molecule has 1 aliphatic carbocycles. The standard InChI is InChI=1S/C11H13Cl2NO3S/c12-8-3-9(13)5-10(4-8)18(16,17)14-6-11(7-15)1-2-11/h3-5,14-15H,1-2,6-7H2. The number of rotatable bonds is 5. The molecule has 0 aromatic heterocycles. The first kappa shape index (κ1) is 14.1. The van der Waals surface area contributed by atoms with Crippen LogP contribution in [-0.4, -0.2) is 26.7 Å². The Bertz CT molecular complexity index is 535. The normalized spacial score (nSPS) is 17.7. The summed E-state index contributed by atoms with van der Waals surface area (Å²) in [5.74, 6) is 0. The Morgan fingerprint density at radius 2 is 1.78 bits per heavy atom. The quantitative estimate of drug-likeness (QED) is 0.874. The second kappa shape index (κ2) is 4.98. The van der Waals surface area contributed by atoms with E-state index in [-0.39, 0.29) is 33.5 Å². The molecule has 0 aliphatic heterocycles. The molecule has 2 N–H and O–H groups in total. The average molecular weight is 310 g/mol. The summed E-state index contributed by atoms with van der Waals surface area (Å²) in [5.41, 5.74) is -0.282. The molecule has 1 aromatic rings. The SMILES string of the molecule is O=S(=O)(NCC1(CO)CC1)c1cc(Cl)cc(Cl)c1. The van der Waals surface area contributed by atoms with Crippen LogP contribution in [0.1, 0.15) is 12.8 Å². The number of hydrogen-bond acceptors (Lipinski definition) is 3. The van der Waals surface area contributed by atoms with E-state index in [0.29, 0.717) is 0 Å². The van der Waals surface area contributed by atoms with Crippen molar-refractivity contribution >= 4 is 33.2 Å². The first-order valence-electron chi connectivity index (χ1n) is 5.44. The zero-order valence-electron chi connectivity index (χ0n) is 9.49. The van der Waals surface area contributed by atoms with Gasteiger partial charge in [-0.05, 0) is 31.0 Å². The molecule has 100 valence electrons. The Morgan fingerprint density at radius 1 is 1.22 bits per heavy atom. The van der Waals surface area contributed by atoms with E-state index in [9.17, 15) is 8.42 Å².